The highest BCUT2D eigenvalue weighted by Crippen LogP contribution is 2.20. The van der Waals surface area contributed by atoms with Crippen LogP contribution < -0.4 is 5.32 Å². The van der Waals surface area contributed by atoms with Crippen molar-refractivity contribution < 1.29 is 23.1 Å². The van der Waals surface area contributed by atoms with Crippen LogP contribution in [0, 0.1) is 0 Å². The molecule has 0 aromatic heterocycles. The lowest BCUT2D eigenvalue weighted by atomic mass is 10.1. The Morgan fingerprint density at radius 2 is 1.90 bits per heavy atom. The lowest BCUT2D eigenvalue weighted by Crippen LogP contribution is -2.35. The lowest BCUT2D eigenvalue weighted by Gasteiger charge is -2.12. The third-order valence-electron chi connectivity index (χ3n) is 2.80. The zero-order valence-electron chi connectivity index (χ0n) is 12.2. The van der Waals surface area contributed by atoms with Crippen molar-refractivity contribution in [1.82, 2.24) is 5.32 Å². The Labute approximate surface area is 124 Å². The molecule has 1 aromatic carbocycles. The second-order valence-electron chi connectivity index (χ2n) is 4.96. The number of hydrogen-bond acceptors (Lipinski definition) is 4. The van der Waals surface area contributed by atoms with E-state index >= 15 is 0 Å². The Balaban J connectivity index is 3.20. The highest BCUT2D eigenvalue weighted by atomic mass is 32.2. The van der Waals surface area contributed by atoms with Gasteiger partial charge in [-0.3, -0.25) is 4.79 Å². The van der Waals surface area contributed by atoms with Crippen molar-refractivity contribution in [3.05, 3.63) is 29.3 Å². The molecule has 0 spiro atoms. The largest absolute Gasteiger partial charge is 0.478 e. The summed E-state index contributed by atoms with van der Waals surface area (Å²) in [6, 6.07) is 3.77. The summed E-state index contributed by atoms with van der Waals surface area (Å²) in [7, 11) is -3.88. The molecule has 0 saturated heterocycles. The Hall–Kier alpha value is -1.89. The van der Waals surface area contributed by atoms with E-state index in [1.165, 1.54) is 12.1 Å². The Morgan fingerprint density at radius 1 is 1.29 bits per heavy atom. The number of nitrogens with one attached hydrogen (secondary N) is 1. The summed E-state index contributed by atoms with van der Waals surface area (Å²) in [5, 5.41) is 11.5. The topological polar surface area (TPSA) is 101 Å². The standard InChI is InChI=1S/C14H19NO5S/c1-4-10-5-6-11(14(17)18)7-12(10)21(19,20)8-13(16)15-9(2)3/h5-7,9H,4,8H2,1-3H3,(H,15,16)(H,17,18). The van der Waals surface area contributed by atoms with Crippen LogP contribution >= 0.6 is 0 Å². The van der Waals surface area contributed by atoms with Gasteiger partial charge in [-0.15, -0.1) is 0 Å². The van der Waals surface area contributed by atoms with Crippen LogP contribution in [-0.4, -0.2) is 37.2 Å². The highest BCUT2D eigenvalue weighted by Gasteiger charge is 2.23. The van der Waals surface area contributed by atoms with Crippen LogP contribution in [0.15, 0.2) is 23.1 Å². The number of carbonyl (C=O) groups excluding carboxylic acids is 1. The quantitative estimate of drug-likeness (QED) is 0.823. The predicted octanol–water partition coefficient (Wildman–Crippen LogP) is 1.25. The fourth-order valence-electron chi connectivity index (χ4n) is 1.88. The third kappa shape index (κ3) is 4.56. The number of rotatable bonds is 6. The zero-order chi connectivity index (χ0) is 16.2. The van der Waals surface area contributed by atoms with Crippen molar-refractivity contribution in [3.8, 4) is 0 Å². The summed E-state index contributed by atoms with van der Waals surface area (Å²) in [6.45, 7) is 5.23. The SMILES string of the molecule is CCc1ccc(C(=O)O)cc1S(=O)(=O)CC(=O)NC(C)C. The van der Waals surface area contributed by atoms with E-state index in [0.29, 0.717) is 12.0 Å². The van der Waals surface area contributed by atoms with Crippen LogP contribution in [-0.2, 0) is 21.1 Å². The minimum Gasteiger partial charge on any atom is -0.478 e. The first kappa shape index (κ1) is 17.2. The van der Waals surface area contributed by atoms with Gasteiger partial charge in [0.2, 0.25) is 5.91 Å². The van der Waals surface area contributed by atoms with Gasteiger partial charge in [-0.25, -0.2) is 13.2 Å². The molecule has 1 amide bonds. The number of aromatic carboxylic acids is 1. The fourth-order valence-corrected chi connectivity index (χ4v) is 3.39. The van der Waals surface area contributed by atoms with Crippen molar-refractivity contribution >= 4 is 21.7 Å². The van der Waals surface area contributed by atoms with E-state index in [4.69, 9.17) is 5.11 Å². The Bertz CT molecular complexity index is 649. The van der Waals surface area contributed by atoms with Crippen LogP contribution in [0.1, 0.15) is 36.7 Å². The number of carbonyl (C=O) groups is 2. The van der Waals surface area contributed by atoms with Crippen LogP contribution in [0.3, 0.4) is 0 Å². The van der Waals surface area contributed by atoms with Crippen molar-refractivity contribution in [2.45, 2.75) is 38.1 Å². The molecular formula is C14H19NO5S. The van der Waals surface area contributed by atoms with Gasteiger partial charge in [0.15, 0.2) is 9.84 Å². The number of carboxylic acids is 1. The van der Waals surface area contributed by atoms with Crippen LogP contribution in [0.4, 0.5) is 0 Å². The summed E-state index contributed by atoms with van der Waals surface area (Å²) in [5.74, 6) is -2.50. The maximum absolute atomic E-state index is 12.3. The summed E-state index contributed by atoms with van der Waals surface area (Å²) >= 11 is 0. The molecule has 0 aliphatic rings. The van der Waals surface area contributed by atoms with E-state index in [1.54, 1.807) is 20.8 Å². The average Bonchev–Trinajstić information content (AvgIpc) is 2.36. The van der Waals surface area contributed by atoms with Crippen molar-refractivity contribution in [3.63, 3.8) is 0 Å². The lowest BCUT2D eigenvalue weighted by molar-refractivity contribution is -0.119. The number of aryl methyl sites for hydroxylation is 1. The number of amides is 1. The Morgan fingerprint density at radius 3 is 2.38 bits per heavy atom. The van der Waals surface area contributed by atoms with Crippen molar-refractivity contribution in [2.24, 2.45) is 0 Å². The summed E-state index contributed by atoms with van der Waals surface area (Å²) in [4.78, 5) is 22.5. The molecule has 1 aromatic rings. The van der Waals surface area contributed by atoms with E-state index in [9.17, 15) is 18.0 Å². The first-order valence-electron chi connectivity index (χ1n) is 6.55. The van der Waals surface area contributed by atoms with E-state index in [-0.39, 0.29) is 16.5 Å². The molecule has 6 nitrogen and oxygen atoms in total. The van der Waals surface area contributed by atoms with Gasteiger partial charge in [-0.1, -0.05) is 13.0 Å². The van der Waals surface area contributed by atoms with E-state index in [1.807, 2.05) is 0 Å². The molecule has 116 valence electrons. The number of carboxylic acid groups (broad SMARTS) is 1. The van der Waals surface area contributed by atoms with Crippen molar-refractivity contribution in [2.75, 3.05) is 5.75 Å². The molecule has 7 heteroatoms. The minimum atomic E-state index is -3.88. The molecule has 0 atom stereocenters. The van der Waals surface area contributed by atoms with Gasteiger partial charge in [0, 0.05) is 6.04 Å². The Kier molecular flexibility index (Phi) is 5.48. The van der Waals surface area contributed by atoms with E-state index in [2.05, 4.69) is 5.32 Å². The fraction of sp³-hybridized carbons (Fsp3) is 0.429. The number of benzene rings is 1. The maximum atomic E-state index is 12.3. The van der Waals surface area contributed by atoms with E-state index < -0.39 is 27.5 Å². The molecule has 0 radical (unpaired) electrons. The number of sulfone groups is 1. The molecule has 0 aliphatic carbocycles. The van der Waals surface area contributed by atoms with Gasteiger partial charge >= 0.3 is 5.97 Å². The minimum absolute atomic E-state index is 0.0937. The first-order valence-corrected chi connectivity index (χ1v) is 8.21. The van der Waals surface area contributed by atoms with E-state index in [0.717, 1.165) is 6.07 Å². The summed E-state index contributed by atoms with van der Waals surface area (Å²) in [5.41, 5.74) is 0.382. The molecule has 0 heterocycles. The van der Waals surface area contributed by atoms with Gasteiger partial charge in [0.1, 0.15) is 5.75 Å². The molecule has 21 heavy (non-hydrogen) atoms. The van der Waals surface area contributed by atoms with Gasteiger partial charge in [0.05, 0.1) is 10.5 Å². The predicted molar refractivity (Wildman–Crippen MR) is 78.1 cm³/mol. The molecule has 1 rings (SSSR count). The molecule has 0 fully saturated rings. The second-order valence-corrected chi connectivity index (χ2v) is 6.92. The zero-order valence-corrected chi connectivity index (χ0v) is 13.0. The van der Waals surface area contributed by atoms with Gasteiger partial charge < -0.3 is 10.4 Å². The summed E-state index contributed by atoms with van der Waals surface area (Å²) in [6.07, 6.45) is 0.431. The van der Waals surface area contributed by atoms with Crippen molar-refractivity contribution in [1.29, 1.82) is 0 Å². The van der Waals surface area contributed by atoms with Crippen LogP contribution in [0.2, 0.25) is 0 Å². The van der Waals surface area contributed by atoms with Crippen LogP contribution in [0.25, 0.3) is 0 Å². The third-order valence-corrected chi connectivity index (χ3v) is 4.49. The molecule has 0 bridgehead atoms. The highest BCUT2D eigenvalue weighted by molar-refractivity contribution is 7.92. The molecule has 0 saturated carbocycles. The van der Waals surface area contributed by atoms with Crippen LogP contribution in [0.5, 0.6) is 0 Å². The monoisotopic (exact) mass is 313 g/mol. The molecule has 0 aliphatic heterocycles. The molecule has 2 N–H and O–H groups in total. The molecular weight excluding hydrogens is 294 g/mol. The average molecular weight is 313 g/mol. The molecule has 0 unspecified atom stereocenters. The van der Waals surface area contributed by atoms with Gasteiger partial charge in [-0.2, -0.15) is 0 Å². The number of hydrogen-bond donors (Lipinski definition) is 2. The van der Waals surface area contributed by atoms with Gasteiger partial charge in [-0.05, 0) is 38.0 Å². The smallest absolute Gasteiger partial charge is 0.335 e. The second kappa shape index (κ2) is 6.71. The normalized spacial score (nSPS) is 11.4. The van der Waals surface area contributed by atoms with Gasteiger partial charge in [0.25, 0.3) is 0 Å². The first-order chi connectivity index (χ1) is 9.67. The maximum Gasteiger partial charge on any atom is 0.335 e. The summed E-state index contributed by atoms with van der Waals surface area (Å²) < 4.78 is 24.6.